The lowest BCUT2D eigenvalue weighted by atomic mass is 10.2. The van der Waals surface area contributed by atoms with Crippen LogP contribution in [0.1, 0.15) is 40.0 Å². The lowest BCUT2D eigenvalue weighted by Crippen LogP contribution is -1.65. The lowest BCUT2D eigenvalue weighted by Gasteiger charge is -1.85. The maximum atomic E-state index is 2.24. The van der Waals surface area contributed by atoms with Crippen molar-refractivity contribution in [3.8, 4) is 0 Å². The molecule has 0 nitrogen and oxygen atoms in total. The third kappa shape index (κ3) is 11.0. The second kappa shape index (κ2) is 10.0. The molecule has 0 aliphatic heterocycles. The van der Waals surface area contributed by atoms with E-state index in [4.69, 9.17) is 0 Å². The summed E-state index contributed by atoms with van der Waals surface area (Å²) in [6, 6.07) is 0. The Labute approximate surface area is 88.7 Å². The van der Waals surface area contributed by atoms with Crippen LogP contribution in [-0.4, -0.2) is 0 Å². The van der Waals surface area contributed by atoms with Gasteiger partial charge in [0.2, 0.25) is 0 Å². The Balaban J connectivity index is 3.44. The van der Waals surface area contributed by atoms with E-state index in [-0.39, 0.29) is 0 Å². The zero-order valence-electron chi connectivity index (χ0n) is 9.66. The standard InChI is InChI=1S/C14H22/c1-4-5-6-7-8-9-10-11-12-13-14(2)3/h4-5,8-9,11-13H,6-7,10H2,1-3H3. The topological polar surface area (TPSA) is 0 Å². The van der Waals surface area contributed by atoms with Crippen molar-refractivity contribution in [3.05, 3.63) is 48.1 Å². The fourth-order valence-corrected chi connectivity index (χ4v) is 0.991. The zero-order chi connectivity index (χ0) is 10.6. The van der Waals surface area contributed by atoms with E-state index < -0.39 is 0 Å². The molecule has 0 rings (SSSR count). The van der Waals surface area contributed by atoms with Gasteiger partial charge in [-0.3, -0.25) is 0 Å². The minimum absolute atomic E-state index is 1.04. The zero-order valence-corrected chi connectivity index (χ0v) is 9.66. The van der Waals surface area contributed by atoms with Gasteiger partial charge in [0, 0.05) is 0 Å². The van der Waals surface area contributed by atoms with Crippen LogP contribution in [0.4, 0.5) is 0 Å². The summed E-state index contributed by atoms with van der Waals surface area (Å²) >= 11 is 0. The average Bonchev–Trinajstić information content (AvgIpc) is 2.15. The molecule has 0 saturated carbocycles. The number of hydrogen-bond acceptors (Lipinski definition) is 0. The first-order valence-corrected chi connectivity index (χ1v) is 5.33. The smallest absolute Gasteiger partial charge is 0.0166 e. The van der Waals surface area contributed by atoms with E-state index in [0.29, 0.717) is 0 Å². The molecule has 0 amide bonds. The Morgan fingerprint density at radius 1 is 0.929 bits per heavy atom. The molecule has 0 N–H and O–H groups in total. The van der Waals surface area contributed by atoms with Gasteiger partial charge in [0.1, 0.15) is 0 Å². The summed E-state index contributed by atoms with van der Waals surface area (Å²) in [5.74, 6) is 0. The summed E-state index contributed by atoms with van der Waals surface area (Å²) in [5.41, 5.74) is 1.35. The predicted octanol–water partition coefficient (Wildman–Crippen LogP) is 4.81. The molecular weight excluding hydrogens is 168 g/mol. The van der Waals surface area contributed by atoms with Crippen LogP contribution >= 0.6 is 0 Å². The van der Waals surface area contributed by atoms with Crippen molar-refractivity contribution in [1.82, 2.24) is 0 Å². The van der Waals surface area contributed by atoms with Gasteiger partial charge in [0.05, 0.1) is 0 Å². The molecule has 0 saturated heterocycles. The van der Waals surface area contributed by atoms with Crippen LogP contribution in [0.2, 0.25) is 0 Å². The highest BCUT2D eigenvalue weighted by atomic mass is 13.8. The van der Waals surface area contributed by atoms with Gasteiger partial charge >= 0.3 is 0 Å². The minimum Gasteiger partial charge on any atom is -0.0917 e. The summed E-state index contributed by atoms with van der Waals surface area (Å²) in [6.07, 6.45) is 18.5. The van der Waals surface area contributed by atoms with Gasteiger partial charge in [-0.1, -0.05) is 48.1 Å². The quantitative estimate of drug-likeness (QED) is 0.320. The molecule has 14 heavy (non-hydrogen) atoms. The van der Waals surface area contributed by atoms with Crippen molar-refractivity contribution in [2.24, 2.45) is 0 Å². The minimum atomic E-state index is 1.04. The molecule has 0 aromatic rings. The second-order valence-corrected chi connectivity index (χ2v) is 3.53. The van der Waals surface area contributed by atoms with E-state index in [1.54, 1.807) is 0 Å². The highest BCUT2D eigenvalue weighted by molar-refractivity contribution is 5.09. The van der Waals surface area contributed by atoms with E-state index in [0.717, 1.165) is 19.3 Å². The molecule has 0 atom stereocenters. The molecule has 0 fully saturated rings. The first-order valence-electron chi connectivity index (χ1n) is 5.33. The van der Waals surface area contributed by atoms with Crippen molar-refractivity contribution < 1.29 is 0 Å². The monoisotopic (exact) mass is 190 g/mol. The van der Waals surface area contributed by atoms with Crippen molar-refractivity contribution in [1.29, 1.82) is 0 Å². The number of unbranched alkanes of at least 4 members (excludes halogenated alkanes) is 1. The van der Waals surface area contributed by atoms with Crippen LogP contribution in [0.3, 0.4) is 0 Å². The van der Waals surface area contributed by atoms with Crippen LogP contribution in [0.5, 0.6) is 0 Å². The fraction of sp³-hybridized carbons (Fsp3) is 0.429. The molecule has 0 heterocycles. The molecule has 0 unspecified atom stereocenters. The van der Waals surface area contributed by atoms with Gasteiger partial charge in [-0.15, -0.1) is 0 Å². The summed E-state index contributed by atoms with van der Waals surface area (Å²) in [5, 5.41) is 0. The Hall–Kier alpha value is -1.04. The Morgan fingerprint density at radius 2 is 1.64 bits per heavy atom. The number of rotatable bonds is 6. The molecule has 0 radical (unpaired) electrons. The predicted molar refractivity (Wildman–Crippen MR) is 66.4 cm³/mol. The molecule has 0 aromatic carbocycles. The second-order valence-electron chi connectivity index (χ2n) is 3.53. The van der Waals surface area contributed by atoms with E-state index in [9.17, 15) is 0 Å². The molecule has 78 valence electrons. The Bertz CT molecular complexity index is 222. The van der Waals surface area contributed by atoms with Gasteiger partial charge in [-0.25, -0.2) is 0 Å². The normalized spacial score (nSPS) is 11.9. The summed E-state index contributed by atoms with van der Waals surface area (Å²) in [7, 11) is 0. The summed E-state index contributed by atoms with van der Waals surface area (Å²) < 4.78 is 0. The maximum absolute atomic E-state index is 2.24. The third-order valence-corrected chi connectivity index (χ3v) is 1.74. The summed E-state index contributed by atoms with van der Waals surface area (Å²) in [6.45, 7) is 6.28. The fourth-order valence-electron chi connectivity index (χ4n) is 0.991. The van der Waals surface area contributed by atoms with Crippen LogP contribution in [-0.2, 0) is 0 Å². The summed E-state index contributed by atoms with van der Waals surface area (Å²) in [4.78, 5) is 0. The van der Waals surface area contributed by atoms with Crippen LogP contribution < -0.4 is 0 Å². The first-order chi connectivity index (χ1) is 6.77. The highest BCUT2D eigenvalue weighted by Gasteiger charge is 1.75. The van der Waals surface area contributed by atoms with Crippen molar-refractivity contribution in [2.45, 2.75) is 40.0 Å². The van der Waals surface area contributed by atoms with Crippen molar-refractivity contribution in [2.75, 3.05) is 0 Å². The average molecular weight is 190 g/mol. The van der Waals surface area contributed by atoms with Gasteiger partial charge in [-0.2, -0.15) is 0 Å². The Morgan fingerprint density at radius 3 is 2.29 bits per heavy atom. The SMILES string of the molecule is CC=CCCC=CCC=CC=C(C)C. The largest absolute Gasteiger partial charge is 0.0917 e. The van der Waals surface area contributed by atoms with E-state index in [1.807, 2.05) is 0 Å². The van der Waals surface area contributed by atoms with E-state index in [2.05, 4.69) is 63.3 Å². The van der Waals surface area contributed by atoms with Gasteiger partial charge in [-0.05, 0) is 40.0 Å². The van der Waals surface area contributed by atoms with E-state index in [1.165, 1.54) is 5.57 Å². The van der Waals surface area contributed by atoms with E-state index >= 15 is 0 Å². The number of allylic oxidation sites excluding steroid dienone is 8. The first kappa shape index (κ1) is 13.0. The third-order valence-electron chi connectivity index (χ3n) is 1.74. The van der Waals surface area contributed by atoms with Crippen molar-refractivity contribution in [3.63, 3.8) is 0 Å². The molecular formula is C14H22. The van der Waals surface area contributed by atoms with Crippen LogP contribution in [0.25, 0.3) is 0 Å². The molecule has 0 aromatic heterocycles. The molecule has 0 aliphatic rings. The molecule has 0 spiro atoms. The Kier molecular flexibility index (Phi) is 9.30. The van der Waals surface area contributed by atoms with Crippen LogP contribution in [0.15, 0.2) is 48.1 Å². The molecule has 0 aliphatic carbocycles. The van der Waals surface area contributed by atoms with Crippen LogP contribution in [0, 0.1) is 0 Å². The van der Waals surface area contributed by atoms with Gasteiger partial charge in [0.15, 0.2) is 0 Å². The van der Waals surface area contributed by atoms with Crippen molar-refractivity contribution >= 4 is 0 Å². The number of hydrogen-bond donors (Lipinski definition) is 0. The lowest BCUT2D eigenvalue weighted by molar-refractivity contribution is 1.04. The van der Waals surface area contributed by atoms with Gasteiger partial charge in [0.25, 0.3) is 0 Å². The maximum Gasteiger partial charge on any atom is -0.0166 e. The molecule has 0 heteroatoms. The van der Waals surface area contributed by atoms with Gasteiger partial charge < -0.3 is 0 Å². The molecule has 0 bridgehead atoms. The highest BCUT2D eigenvalue weighted by Crippen LogP contribution is 1.96.